The zero-order chi connectivity index (χ0) is 20.7. The molecule has 1 N–H and O–H groups in total. The topological polar surface area (TPSA) is 49.4 Å². The molecule has 0 saturated heterocycles. The molecule has 2 aromatic carbocycles. The molecule has 0 aromatic heterocycles. The van der Waals surface area contributed by atoms with E-state index in [4.69, 9.17) is 0 Å². The molecule has 0 aliphatic rings. The van der Waals surface area contributed by atoms with E-state index < -0.39 is 6.04 Å². The van der Waals surface area contributed by atoms with Crippen LogP contribution in [-0.4, -0.2) is 28.8 Å². The Morgan fingerprint density at radius 1 is 1.04 bits per heavy atom. The number of carbonyl (C=O) groups is 2. The first-order valence-corrected chi connectivity index (χ1v) is 10.0. The van der Waals surface area contributed by atoms with Gasteiger partial charge in [-0.2, -0.15) is 0 Å². The SMILES string of the molecule is CC[C@@H](C)NC(=O)[C@H](C)N(Cc1ccccc1C)C(=O)Cc1cccc(C)c1. The molecule has 2 amide bonds. The minimum absolute atomic E-state index is 0.0411. The van der Waals surface area contributed by atoms with Crippen molar-refractivity contribution < 1.29 is 9.59 Å². The summed E-state index contributed by atoms with van der Waals surface area (Å²) in [5.74, 6) is -0.152. The van der Waals surface area contributed by atoms with Crippen molar-refractivity contribution in [2.45, 2.75) is 66.1 Å². The number of amides is 2. The molecule has 0 spiro atoms. The molecule has 28 heavy (non-hydrogen) atoms. The van der Waals surface area contributed by atoms with Crippen LogP contribution in [-0.2, 0) is 22.6 Å². The fourth-order valence-electron chi connectivity index (χ4n) is 3.12. The van der Waals surface area contributed by atoms with Crippen LogP contribution in [0, 0.1) is 13.8 Å². The van der Waals surface area contributed by atoms with Gasteiger partial charge in [0.25, 0.3) is 0 Å². The van der Waals surface area contributed by atoms with Crippen molar-refractivity contribution in [2.24, 2.45) is 0 Å². The van der Waals surface area contributed by atoms with Crippen molar-refractivity contribution in [3.63, 3.8) is 0 Å². The number of hydrogen-bond donors (Lipinski definition) is 1. The smallest absolute Gasteiger partial charge is 0.242 e. The van der Waals surface area contributed by atoms with E-state index in [0.29, 0.717) is 6.54 Å². The molecule has 0 saturated carbocycles. The number of carbonyl (C=O) groups excluding carboxylic acids is 2. The van der Waals surface area contributed by atoms with Crippen LogP contribution in [0.3, 0.4) is 0 Å². The lowest BCUT2D eigenvalue weighted by Gasteiger charge is -2.30. The predicted molar refractivity (Wildman–Crippen MR) is 114 cm³/mol. The maximum Gasteiger partial charge on any atom is 0.242 e. The van der Waals surface area contributed by atoms with E-state index >= 15 is 0 Å². The van der Waals surface area contributed by atoms with Crippen molar-refractivity contribution in [1.82, 2.24) is 10.2 Å². The molecule has 4 heteroatoms. The van der Waals surface area contributed by atoms with Crippen molar-refractivity contribution in [3.8, 4) is 0 Å². The van der Waals surface area contributed by atoms with Crippen LogP contribution < -0.4 is 5.32 Å². The van der Waals surface area contributed by atoms with Crippen molar-refractivity contribution in [3.05, 3.63) is 70.8 Å². The van der Waals surface area contributed by atoms with E-state index in [0.717, 1.165) is 28.7 Å². The Kier molecular flexibility index (Phi) is 7.80. The van der Waals surface area contributed by atoms with Gasteiger partial charge in [0.05, 0.1) is 6.42 Å². The van der Waals surface area contributed by atoms with Gasteiger partial charge in [-0.1, -0.05) is 61.0 Å². The second kappa shape index (κ2) is 10.1. The lowest BCUT2D eigenvalue weighted by molar-refractivity contribution is -0.140. The van der Waals surface area contributed by atoms with Crippen LogP contribution in [0.1, 0.15) is 49.4 Å². The van der Waals surface area contributed by atoms with Gasteiger partial charge in [-0.15, -0.1) is 0 Å². The highest BCUT2D eigenvalue weighted by molar-refractivity contribution is 5.88. The molecule has 0 radical (unpaired) electrons. The highest BCUT2D eigenvalue weighted by atomic mass is 16.2. The van der Waals surface area contributed by atoms with Crippen LogP contribution in [0.25, 0.3) is 0 Å². The van der Waals surface area contributed by atoms with Crippen LogP contribution in [0.4, 0.5) is 0 Å². The zero-order valence-electron chi connectivity index (χ0n) is 17.7. The molecule has 0 aliphatic heterocycles. The van der Waals surface area contributed by atoms with Crippen molar-refractivity contribution >= 4 is 11.8 Å². The first kappa shape index (κ1) is 21.7. The van der Waals surface area contributed by atoms with E-state index in [1.54, 1.807) is 4.90 Å². The zero-order valence-corrected chi connectivity index (χ0v) is 17.7. The number of aryl methyl sites for hydroxylation is 2. The molecule has 0 unspecified atom stereocenters. The quantitative estimate of drug-likeness (QED) is 0.747. The van der Waals surface area contributed by atoms with E-state index in [9.17, 15) is 9.59 Å². The Hall–Kier alpha value is -2.62. The molecule has 4 nitrogen and oxygen atoms in total. The predicted octanol–water partition coefficient (Wildman–Crippen LogP) is 4.18. The summed E-state index contributed by atoms with van der Waals surface area (Å²) in [7, 11) is 0. The summed E-state index contributed by atoms with van der Waals surface area (Å²) in [5, 5.41) is 3.01. The standard InChI is InChI=1S/C24H32N2O2/c1-6-19(4)25-24(28)20(5)26(16-22-13-8-7-11-18(22)3)23(27)15-21-12-9-10-17(2)14-21/h7-14,19-20H,6,15-16H2,1-5H3,(H,25,28)/t19-,20+/m1/s1. The van der Waals surface area contributed by atoms with E-state index in [1.165, 1.54) is 0 Å². The number of benzene rings is 2. The van der Waals surface area contributed by atoms with Gasteiger partial charge in [0.15, 0.2) is 0 Å². The Balaban J connectivity index is 2.25. The highest BCUT2D eigenvalue weighted by Gasteiger charge is 2.27. The third kappa shape index (κ3) is 5.95. The maximum atomic E-state index is 13.2. The van der Waals surface area contributed by atoms with Gasteiger partial charge in [0, 0.05) is 12.6 Å². The fraction of sp³-hybridized carbons (Fsp3) is 0.417. The molecule has 2 atom stereocenters. The number of rotatable bonds is 8. The van der Waals surface area contributed by atoms with Crippen LogP contribution >= 0.6 is 0 Å². The molecule has 2 rings (SSSR count). The van der Waals surface area contributed by atoms with E-state index in [-0.39, 0.29) is 24.3 Å². The van der Waals surface area contributed by atoms with Crippen molar-refractivity contribution in [1.29, 1.82) is 0 Å². The van der Waals surface area contributed by atoms with Crippen LogP contribution in [0.2, 0.25) is 0 Å². The maximum absolute atomic E-state index is 13.2. The lowest BCUT2D eigenvalue weighted by atomic mass is 10.0. The summed E-state index contributed by atoms with van der Waals surface area (Å²) in [6.07, 6.45) is 1.14. The van der Waals surface area contributed by atoms with Gasteiger partial charge in [-0.25, -0.2) is 0 Å². The fourth-order valence-corrected chi connectivity index (χ4v) is 3.12. The molecule has 2 aromatic rings. The average molecular weight is 381 g/mol. The molecule has 0 heterocycles. The molecule has 0 bridgehead atoms. The molecular formula is C24H32N2O2. The third-order valence-electron chi connectivity index (χ3n) is 5.21. The van der Waals surface area contributed by atoms with Crippen molar-refractivity contribution in [2.75, 3.05) is 0 Å². The minimum Gasteiger partial charge on any atom is -0.352 e. The summed E-state index contributed by atoms with van der Waals surface area (Å²) in [5.41, 5.74) is 4.27. The average Bonchev–Trinajstić information content (AvgIpc) is 2.66. The van der Waals surface area contributed by atoms with Gasteiger partial charge in [-0.05, 0) is 50.8 Å². The first-order chi connectivity index (χ1) is 13.3. The Labute approximate surface area is 169 Å². The molecule has 0 fully saturated rings. The van der Waals surface area contributed by atoms with Crippen LogP contribution in [0.5, 0.6) is 0 Å². The van der Waals surface area contributed by atoms with E-state index in [1.807, 2.05) is 83.1 Å². The van der Waals surface area contributed by atoms with Crippen LogP contribution in [0.15, 0.2) is 48.5 Å². The number of nitrogens with zero attached hydrogens (tertiary/aromatic N) is 1. The monoisotopic (exact) mass is 380 g/mol. The van der Waals surface area contributed by atoms with Gasteiger partial charge >= 0.3 is 0 Å². The number of nitrogens with one attached hydrogen (secondary N) is 1. The highest BCUT2D eigenvalue weighted by Crippen LogP contribution is 2.16. The second-order valence-electron chi connectivity index (χ2n) is 7.61. The summed E-state index contributed by atoms with van der Waals surface area (Å²) < 4.78 is 0. The lowest BCUT2D eigenvalue weighted by Crippen LogP contribution is -2.50. The Bertz CT molecular complexity index is 816. The first-order valence-electron chi connectivity index (χ1n) is 10.0. The van der Waals surface area contributed by atoms with Gasteiger partial charge in [-0.3, -0.25) is 9.59 Å². The summed E-state index contributed by atoms with van der Waals surface area (Å²) >= 11 is 0. The molecule has 0 aliphatic carbocycles. The Morgan fingerprint density at radius 3 is 2.39 bits per heavy atom. The largest absolute Gasteiger partial charge is 0.352 e. The van der Waals surface area contributed by atoms with E-state index in [2.05, 4.69) is 5.32 Å². The van der Waals surface area contributed by atoms with Gasteiger partial charge < -0.3 is 10.2 Å². The molecule has 150 valence electrons. The molecular weight excluding hydrogens is 348 g/mol. The summed E-state index contributed by atoms with van der Waals surface area (Å²) in [6.45, 7) is 10.3. The third-order valence-corrected chi connectivity index (χ3v) is 5.21. The summed E-state index contributed by atoms with van der Waals surface area (Å²) in [4.78, 5) is 27.6. The van der Waals surface area contributed by atoms with Gasteiger partial charge in [0.1, 0.15) is 6.04 Å². The van der Waals surface area contributed by atoms with Gasteiger partial charge in [0.2, 0.25) is 11.8 Å². The summed E-state index contributed by atoms with van der Waals surface area (Å²) in [6, 6.07) is 15.5. The number of hydrogen-bond acceptors (Lipinski definition) is 2. The minimum atomic E-state index is -0.536. The normalized spacial score (nSPS) is 12.9. The Morgan fingerprint density at radius 2 is 1.75 bits per heavy atom. The second-order valence-corrected chi connectivity index (χ2v) is 7.61.